The van der Waals surface area contributed by atoms with E-state index in [1.54, 1.807) is 4.90 Å². The highest BCUT2D eigenvalue weighted by molar-refractivity contribution is 5.60. The summed E-state index contributed by atoms with van der Waals surface area (Å²) in [5, 5.41) is 0. The van der Waals surface area contributed by atoms with Crippen LogP contribution in [0.25, 0.3) is 11.4 Å². The first-order chi connectivity index (χ1) is 17.7. The molecule has 0 N–H and O–H groups in total. The van der Waals surface area contributed by atoms with Crippen molar-refractivity contribution in [2.75, 3.05) is 47.4 Å². The van der Waals surface area contributed by atoms with Gasteiger partial charge < -0.3 is 14.7 Å². The minimum Gasteiger partial charge on any atom is -0.353 e. The Labute approximate surface area is 215 Å². The zero-order valence-corrected chi connectivity index (χ0v) is 21.4. The summed E-state index contributed by atoms with van der Waals surface area (Å²) in [5.41, 5.74) is 1.46. The zero-order chi connectivity index (χ0) is 26.2. The summed E-state index contributed by atoms with van der Waals surface area (Å²) in [6.07, 6.45) is -0.867. The molecule has 2 aliphatic heterocycles. The number of halogens is 3. The van der Waals surface area contributed by atoms with E-state index in [0.717, 1.165) is 31.0 Å². The highest BCUT2D eigenvalue weighted by atomic mass is 19.4. The van der Waals surface area contributed by atoms with Crippen molar-refractivity contribution in [1.29, 1.82) is 0 Å². The predicted molar refractivity (Wildman–Crippen MR) is 139 cm³/mol. The van der Waals surface area contributed by atoms with Crippen LogP contribution in [0.1, 0.15) is 50.7 Å². The van der Waals surface area contributed by atoms with Crippen LogP contribution in [0.3, 0.4) is 0 Å². The molecular weight excluding hydrogens is 479 g/mol. The molecule has 2 aromatic heterocycles. The summed E-state index contributed by atoms with van der Waals surface area (Å²) < 4.78 is 40.6. The average molecular weight is 512 g/mol. The van der Waals surface area contributed by atoms with Crippen LogP contribution in [0.5, 0.6) is 0 Å². The molecule has 2 saturated heterocycles. The molecule has 0 saturated carbocycles. The van der Waals surface area contributed by atoms with Gasteiger partial charge in [-0.25, -0.2) is 4.98 Å². The van der Waals surface area contributed by atoms with Crippen LogP contribution in [-0.2, 0) is 6.18 Å². The number of nitrogens with zero attached hydrogens (tertiary/aromatic N) is 7. The molecule has 1 aromatic carbocycles. The number of hydrogen-bond acceptors (Lipinski definition) is 7. The maximum atomic E-state index is 13.5. The lowest BCUT2D eigenvalue weighted by Crippen LogP contribution is -2.48. The van der Waals surface area contributed by atoms with Gasteiger partial charge in [0.15, 0.2) is 5.82 Å². The quantitative estimate of drug-likeness (QED) is 0.455. The monoisotopic (exact) mass is 511 g/mol. The van der Waals surface area contributed by atoms with Crippen molar-refractivity contribution in [3.05, 3.63) is 53.7 Å². The maximum absolute atomic E-state index is 13.5. The van der Waals surface area contributed by atoms with Crippen molar-refractivity contribution in [1.82, 2.24) is 19.9 Å². The molecule has 2 fully saturated rings. The Balaban J connectivity index is 1.42. The van der Waals surface area contributed by atoms with E-state index in [1.165, 1.54) is 17.8 Å². The second-order valence-electron chi connectivity index (χ2n) is 10.1. The fraction of sp³-hybridized carbons (Fsp3) is 0.481. The molecule has 5 rings (SSSR count). The van der Waals surface area contributed by atoms with E-state index in [1.807, 2.05) is 17.0 Å². The summed E-state index contributed by atoms with van der Waals surface area (Å²) >= 11 is 0. The van der Waals surface area contributed by atoms with E-state index in [4.69, 9.17) is 15.0 Å². The molecule has 0 aliphatic carbocycles. The van der Waals surface area contributed by atoms with Crippen LogP contribution in [0.15, 0.2) is 42.6 Å². The minimum absolute atomic E-state index is 0.0252. The Kier molecular flexibility index (Phi) is 6.92. The molecule has 10 heteroatoms. The van der Waals surface area contributed by atoms with Crippen LogP contribution in [0.2, 0.25) is 0 Å². The highest BCUT2D eigenvalue weighted by Crippen LogP contribution is 2.36. The van der Waals surface area contributed by atoms with E-state index in [0.29, 0.717) is 55.9 Å². The minimum atomic E-state index is -4.45. The van der Waals surface area contributed by atoms with Gasteiger partial charge in [0.25, 0.3) is 0 Å². The SMILES string of the molecule is CC(C)c1ccc(-c2nc(N3CCN(c4ncccc4C(F)(F)F)CC3)nc(N3CCCC3C)n2)cc1. The molecule has 3 aromatic rings. The summed E-state index contributed by atoms with van der Waals surface area (Å²) in [5.74, 6) is 2.23. The van der Waals surface area contributed by atoms with Gasteiger partial charge in [0.05, 0.1) is 5.56 Å². The first-order valence-electron chi connectivity index (χ1n) is 12.9. The van der Waals surface area contributed by atoms with Gasteiger partial charge in [0.2, 0.25) is 11.9 Å². The van der Waals surface area contributed by atoms with E-state index in [9.17, 15) is 13.2 Å². The normalized spacial score (nSPS) is 18.7. The topological polar surface area (TPSA) is 61.3 Å². The standard InChI is InChI=1S/C27H32F3N7/c1-18(2)20-8-10-21(11-9-20)23-32-25(34-26(33-23)37-13-5-6-19(37)3)36-16-14-35(15-17-36)24-22(27(28,29)30)7-4-12-31-24/h4,7-12,18-19H,5-6,13-17H2,1-3H3. The molecule has 1 atom stereocenters. The van der Waals surface area contributed by atoms with Crippen molar-refractivity contribution in [2.24, 2.45) is 0 Å². The first-order valence-corrected chi connectivity index (χ1v) is 12.9. The molecule has 0 radical (unpaired) electrons. The van der Waals surface area contributed by atoms with Crippen molar-refractivity contribution < 1.29 is 13.2 Å². The van der Waals surface area contributed by atoms with E-state index >= 15 is 0 Å². The molecule has 0 bridgehead atoms. The van der Waals surface area contributed by atoms with Gasteiger partial charge in [-0.1, -0.05) is 38.1 Å². The van der Waals surface area contributed by atoms with Crippen molar-refractivity contribution in [2.45, 2.75) is 51.7 Å². The van der Waals surface area contributed by atoms with Crippen LogP contribution in [-0.4, -0.2) is 58.7 Å². The fourth-order valence-corrected chi connectivity index (χ4v) is 4.99. The van der Waals surface area contributed by atoms with Crippen LogP contribution >= 0.6 is 0 Å². The Morgan fingerprint density at radius 3 is 2.16 bits per heavy atom. The third-order valence-corrected chi connectivity index (χ3v) is 7.21. The number of benzene rings is 1. The summed E-state index contributed by atoms with van der Waals surface area (Å²) in [6, 6.07) is 11.0. The van der Waals surface area contributed by atoms with E-state index in [2.05, 4.69) is 42.8 Å². The number of pyridine rings is 1. The lowest BCUT2D eigenvalue weighted by molar-refractivity contribution is -0.137. The van der Waals surface area contributed by atoms with E-state index in [-0.39, 0.29) is 5.82 Å². The third kappa shape index (κ3) is 5.33. The molecule has 4 heterocycles. The van der Waals surface area contributed by atoms with Crippen molar-refractivity contribution in [3.8, 4) is 11.4 Å². The Morgan fingerprint density at radius 1 is 0.865 bits per heavy atom. The summed E-state index contributed by atoms with van der Waals surface area (Å²) in [4.78, 5) is 24.5. The number of hydrogen-bond donors (Lipinski definition) is 0. The van der Waals surface area contributed by atoms with Crippen molar-refractivity contribution in [3.63, 3.8) is 0 Å². The lowest BCUT2D eigenvalue weighted by Gasteiger charge is -2.36. The molecule has 7 nitrogen and oxygen atoms in total. The zero-order valence-electron chi connectivity index (χ0n) is 21.4. The van der Waals surface area contributed by atoms with Crippen LogP contribution < -0.4 is 14.7 Å². The number of anilines is 3. The summed E-state index contributed by atoms with van der Waals surface area (Å²) in [6.45, 7) is 9.13. The molecule has 37 heavy (non-hydrogen) atoms. The smallest absolute Gasteiger partial charge is 0.353 e. The first kappa shape index (κ1) is 25.2. The fourth-order valence-electron chi connectivity index (χ4n) is 4.99. The Morgan fingerprint density at radius 2 is 1.54 bits per heavy atom. The van der Waals surface area contributed by atoms with Gasteiger partial charge in [0, 0.05) is 50.5 Å². The molecule has 0 spiro atoms. The number of piperazine rings is 1. The van der Waals surface area contributed by atoms with Gasteiger partial charge in [0.1, 0.15) is 5.82 Å². The number of alkyl halides is 3. The number of rotatable bonds is 5. The molecular formula is C27H32F3N7. The predicted octanol–water partition coefficient (Wildman–Crippen LogP) is 5.39. The largest absolute Gasteiger partial charge is 0.419 e. The van der Waals surface area contributed by atoms with Gasteiger partial charge in [-0.05, 0) is 43.4 Å². The molecule has 2 aliphatic rings. The Bertz CT molecular complexity index is 1220. The van der Waals surface area contributed by atoms with E-state index < -0.39 is 11.7 Å². The maximum Gasteiger partial charge on any atom is 0.419 e. The lowest BCUT2D eigenvalue weighted by atomic mass is 10.0. The molecule has 1 unspecified atom stereocenters. The molecule has 0 amide bonds. The van der Waals surface area contributed by atoms with Gasteiger partial charge in [-0.3, -0.25) is 0 Å². The second kappa shape index (κ2) is 10.1. The number of aromatic nitrogens is 4. The Hall–Kier alpha value is -3.43. The molecule has 196 valence electrons. The highest BCUT2D eigenvalue weighted by Gasteiger charge is 2.36. The van der Waals surface area contributed by atoms with Crippen LogP contribution in [0.4, 0.5) is 30.9 Å². The van der Waals surface area contributed by atoms with Crippen LogP contribution in [0, 0.1) is 0 Å². The third-order valence-electron chi connectivity index (χ3n) is 7.21. The average Bonchev–Trinajstić information content (AvgIpc) is 3.34. The second-order valence-corrected chi connectivity index (χ2v) is 10.1. The van der Waals surface area contributed by atoms with Gasteiger partial charge >= 0.3 is 6.18 Å². The summed E-state index contributed by atoms with van der Waals surface area (Å²) in [7, 11) is 0. The van der Waals surface area contributed by atoms with Crippen molar-refractivity contribution >= 4 is 17.7 Å². The van der Waals surface area contributed by atoms with Gasteiger partial charge in [-0.2, -0.15) is 28.1 Å². The van der Waals surface area contributed by atoms with Gasteiger partial charge in [-0.15, -0.1) is 0 Å².